The molecule has 1 aliphatic rings. The molecular formula is C12H17NO3S. The molecule has 5 heteroatoms. The summed E-state index contributed by atoms with van der Waals surface area (Å²) in [6, 6.07) is 5.37. The molecular weight excluding hydrogens is 238 g/mol. The molecule has 1 aromatic carbocycles. The number of aliphatic hydroxyl groups is 1. The highest BCUT2D eigenvalue weighted by Gasteiger charge is 2.37. The molecule has 2 N–H and O–H groups in total. The first kappa shape index (κ1) is 12.5. The van der Waals surface area contributed by atoms with Crippen LogP contribution >= 0.6 is 0 Å². The third-order valence-corrected chi connectivity index (χ3v) is 5.51. The smallest absolute Gasteiger partial charge is 0.185 e. The lowest BCUT2D eigenvalue weighted by molar-refractivity contribution is 0.198. The van der Waals surface area contributed by atoms with E-state index in [9.17, 15) is 13.5 Å². The van der Waals surface area contributed by atoms with E-state index in [-0.39, 0.29) is 0 Å². The fraction of sp³-hybridized carbons (Fsp3) is 0.500. The molecule has 94 valence electrons. The predicted molar refractivity (Wildman–Crippen MR) is 65.8 cm³/mol. The lowest BCUT2D eigenvalue weighted by atomic mass is 10.2. The second-order valence-corrected chi connectivity index (χ2v) is 6.71. The van der Waals surface area contributed by atoms with Gasteiger partial charge in [0.05, 0.1) is 11.0 Å². The van der Waals surface area contributed by atoms with Gasteiger partial charge in [-0.3, -0.25) is 0 Å². The number of rotatable bonds is 2. The SMILES string of the molecule is Cc1ccc(C)c(S(=O)(=O)C2CNCC2O)c1. The van der Waals surface area contributed by atoms with Crippen LogP contribution in [0.15, 0.2) is 23.1 Å². The Morgan fingerprint density at radius 2 is 2.00 bits per heavy atom. The van der Waals surface area contributed by atoms with E-state index < -0.39 is 21.2 Å². The normalized spacial score (nSPS) is 25.1. The van der Waals surface area contributed by atoms with Crippen molar-refractivity contribution >= 4 is 9.84 Å². The quantitative estimate of drug-likeness (QED) is 0.803. The van der Waals surface area contributed by atoms with Crippen LogP contribution in [0.2, 0.25) is 0 Å². The summed E-state index contributed by atoms with van der Waals surface area (Å²) in [4.78, 5) is 0.338. The van der Waals surface area contributed by atoms with Gasteiger partial charge < -0.3 is 10.4 Å². The Hall–Kier alpha value is -0.910. The van der Waals surface area contributed by atoms with Crippen molar-refractivity contribution in [3.05, 3.63) is 29.3 Å². The van der Waals surface area contributed by atoms with Gasteiger partial charge in [0.15, 0.2) is 9.84 Å². The minimum absolute atomic E-state index is 0.316. The number of aryl methyl sites for hydroxylation is 2. The lowest BCUT2D eigenvalue weighted by Gasteiger charge is -2.16. The Labute approximate surface area is 102 Å². The van der Waals surface area contributed by atoms with Gasteiger partial charge in [-0.15, -0.1) is 0 Å². The van der Waals surface area contributed by atoms with Crippen molar-refractivity contribution in [2.24, 2.45) is 0 Å². The summed E-state index contributed by atoms with van der Waals surface area (Å²) in [6.45, 7) is 4.30. The van der Waals surface area contributed by atoms with E-state index in [1.54, 1.807) is 19.1 Å². The number of hydrogen-bond donors (Lipinski definition) is 2. The van der Waals surface area contributed by atoms with Gasteiger partial charge in [0.1, 0.15) is 5.25 Å². The maximum Gasteiger partial charge on any atom is 0.185 e. The van der Waals surface area contributed by atoms with Gasteiger partial charge in [0.25, 0.3) is 0 Å². The van der Waals surface area contributed by atoms with Crippen LogP contribution in [0.1, 0.15) is 11.1 Å². The molecule has 2 rings (SSSR count). The molecule has 0 radical (unpaired) electrons. The highest BCUT2D eigenvalue weighted by molar-refractivity contribution is 7.92. The van der Waals surface area contributed by atoms with E-state index in [0.717, 1.165) is 11.1 Å². The zero-order valence-corrected chi connectivity index (χ0v) is 10.8. The molecule has 0 spiro atoms. The second kappa shape index (κ2) is 4.40. The highest BCUT2D eigenvalue weighted by Crippen LogP contribution is 2.24. The molecule has 1 aromatic rings. The summed E-state index contributed by atoms with van der Waals surface area (Å²) in [5, 5.41) is 11.9. The molecule has 1 aliphatic heterocycles. The van der Waals surface area contributed by atoms with E-state index in [4.69, 9.17) is 0 Å². The number of aliphatic hydroxyl groups excluding tert-OH is 1. The molecule has 1 heterocycles. The Morgan fingerprint density at radius 3 is 2.59 bits per heavy atom. The number of benzene rings is 1. The van der Waals surface area contributed by atoms with Crippen molar-refractivity contribution in [1.29, 1.82) is 0 Å². The van der Waals surface area contributed by atoms with Gasteiger partial charge >= 0.3 is 0 Å². The number of nitrogens with one attached hydrogen (secondary N) is 1. The van der Waals surface area contributed by atoms with Crippen molar-refractivity contribution in [3.63, 3.8) is 0 Å². The number of hydrogen-bond acceptors (Lipinski definition) is 4. The van der Waals surface area contributed by atoms with Gasteiger partial charge in [-0.25, -0.2) is 8.42 Å². The first-order valence-electron chi connectivity index (χ1n) is 5.63. The zero-order chi connectivity index (χ0) is 12.6. The van der Waals surface area contributed by atoms with Gasteiger partial charge in [-0.2, -0.15) is 0 Å². The molecule has 0 amide bonds. The molecule has 2 unspecified atom stereocenters. The van der Waals surface area contributed by atoms with Gasteiger partial charge in [0, 0.05) is 13.1 Å². The van der Waals surface area contributed by atoms with Gasteiger partial charge in [-0.1, -0.05) is 12.1 Å². The average molecular weight is 255 g/mol. The standard InChI is InChI=1S/C12H17NO3S/c1-8-3-4-9(2)11(5-8)17(15,16)12-7-13-6-10(12)14/h3-5,10,12-14H,6-7H2,1-2H3. The molecule has 0 bridgehead atoms. The third-order valence-electron chi connectivity index (χ3n) is 3.18. The van der Waals surface area contributed by atoms with Crippen molar-refractivity contribution in [2.45, 2.75) is 30.1 Å². The van der Waals surface area contributed by atoms with Crippen molar-refractivity contribution in [3.8, 4) is 0 Å². The van der Waals surface area contributed by atoms with Crippen LogP contribution in [-0.4, -0.2) is 38.0 Å². The van der Waals surface area contributed by atoms with E-state index in [1.807, 2.05) is 13.0 Å². The van der Waals surface area contributed by atoms with Crippen LogP contribution in [0.3, 0.4) is 0 Å². The molecule has 1 saturated heterocycles. The van der Waals surface area contributed by atoms with Crippen LogP contribution in [0.5, 0.6) is 0 Å². The lowest BCUT2D eigenvalue weighted by Crippen LogP contribution is -2.33. The van der Waals surface area contributed by atoms with Gasteiger partial charge in [0.2, 0.25) is 0 Å². The largest absolute Gasteiger partial charge is 0.390 e. The first-order chi connectivity index (χ1) is 7.93. The van der Waals surface area contributed by atoms with Crippen molar-refractivity contribution in [1.82, 2.24) is 5.32 Å². The van der Waals surface area contributed by atoms with Crippen LogP contribution in [0, 0.1) is 13.8 Å². The Morgan fingerprint density at radius 1 is 1.29 bits per heavy atom. The third kappa shape index (κ3) is 2.22. The summed E-state index contributed by atoms with van der Waals surface area (Å²) in [7, 11) is -3.45. The summed E-state index contributed by atoms with van der Waals surface area (Å²) < 4.78 is 24.8. The van der Waals surface area contributed by atoms with E-state index >= 15 is 0 Å². The topological polar surface area (TPSA) is 66.4 Å². The van der Waals surface area contributed by atoms with Crippen LogP contribution in [-0.2, 0) is 9.84 Å². The van der Waals surface area contributed by atoms with Crippen molar-refractivity contribution < 1.29 is 13.5 Å². The zero-order valence-electron chi connectivity index (χ0n) is 9.97. The molecule has 1 fully saturated rings. The molecule has 0 aromatic heterocycles. The molecule has 17 heavy (non-hydrogen) atoms. The van der Waals surface area contributed by atoms with E-state index in [2.05, 4.69) is 5.32 Å². The number of sulfone groups is 1. The fourth-order valence-corrected chi connectivity index (χ4v) is 4.17. The van der Waals surface area contributed by atoms with E-state index in [1.165, 1.54) is 0 Å². The van der Waals surface area contributed by atoms with Crippen LogP contribution < -0.4 is 5.32 Å². The van der Waals surface area contributed by atoms with E-state index in [0.29, 0.717) is 18.0 Å². The average Bonchev–Trinajstić information content (AvgIpc) is 2.68. The number of β-amino-alcohol motifs (C(OH)–C–C–N with tert-alkyl or cyclic N) is 1. The predicted octanol–water partition coefficient (Wildman–Crippen LogP) is 0.410. The van der Waals surface area contributed by atoms with Gasteiger partial charge in [-0.05, 0) is 31.0 Å². The maximum atomic E-state index is 12.4. The Balaban J connectivity index is 2.48. The summed E-state index contributed by atoms with van der Waals surface area (Å²) in [5.74, 6) is 0. The molecule has 4 nitrogen and oxygen atoms in total. The van der Waals surface area contributed by atoms with Crippen LogP contribution in [0.25, 0.3) is 0 Å². The maximum absolute atomic E-state index is 12.4. The Kier molecular flexibility index (Phi) is 3.25. The first-order valence-corrected chi connectivity index (χ1v) is 7.17. The molecule has 0 saturated carbocycles. The summed E-state index contributed by atoms with van der Waals surface area (Å²) in [5.41, 5.74) is 1.64. The second-order valence-electron chi connectivity index (χ2n) is 4.58. The molecule has 2 atom stereocenters. The highest BCUT2D eigenvalue weighted by atomic mass is 32.2. The fourth-order valence-electron chi connectivity index (χ4n) is 2.13. The van der Waals surface area contributed by atoms with Crippen molar-refractivity contribution in [2.75, 3.05) is 13.1 Å². The molecule has 0 aliphatic carbocycles. The van der Waals surface area contributed by atoms with Crippen LogP contribution in [0.4, 0.5) is 0 Å². The summed E-state index contributed by atoms with van der Waals surface area (Å²) in [6.07, 6.45) is -0.820. The minimum atomic E-state index is -3.45. The minimum Gasteiger partial charge on any atom is -0.390 e. The summed E-state index contributed by atoms with van der Waals surface area (Å²) >= 11 is 0. The Bertz CT molecular complexity index is 525. The monoisotopic (exact) mass is 255 g/mol.